The Kier molecular flexibility index (Phi) is 1.06. The minimum absolute atomic E-state index is 0.0544. The Balaban J connectivity index is 2.01. The largest absolute Gasteiger partial charge is 0.349 e. The van der Waals surface area contributed by atoms with Crippen molar-refractivity contribution in [2.24, 2.45) is 11.3 Å². The van der Waals surface area contributed by atoms with Gasteiger partial charge in [0.25, 0.3) is 0 Å². The molecule has 0 amide bonds. The van der Waals surface area contributed by atoms with E-state index in [0.29, 0.717) is 17.4 Å². The first-order valence-electron chi connectivity index (χ1n) is 4.85. The van der Waals surface area contributed by atoms with Gasteiger partial charge >= 0.3 is 0 Å². The van der Waals surface area contributed by atoms with E-state index in [0.717, 1.165) is 6.42 Å². The zero-order valence-corrected chi connectivity index (χ0v) is 7.96. The van der Waals surface area contributed by atoms with Crippen LogP contribution in [0.2, 0.25) is 0 Å². The monoisotopic (exact) mass is 168 g/mol. The van der Waals surface area contributed by atoms with Crippen LogP contribution in [-0.2, 0) is 9.47 Å². The van der Waals surface area contributed by atoms with Crippen LogP contribution in [0.25, 0.3) is 0 Å². The molecule has 4 aliphatic heterocycles. The molecule has 0 aromatic rings. The highest BCUT2D eigenvalue weighted by atomic mass is 16.7. The number of hydrogen-bond donors (Lipinski definition) is 0. The van der Waals surface area contributed by atoms with Gasteiger partial charge in [-0.25, -0.2) is 0 Å². The molecule has 4 saturated heterocycles. The van der Waals surface area contributed by atoms with Crippen molar-refractivity contribution in [1.82, 2.24) is 0 Å². The minimum atomic E-state index is 0.0544. The van der Waals surface area contributed by atoms with Gasteiger partial charge in [-0.3, -0.25) is 0 Å². The summed E-state index contributed by atoms with van der Waals surface area (Å²) in [5, 5.41) is 0. The van der Waals surface area contributed by atoms with Crippen molar-refractivity contribution < 1.29 is 9.47 Å². The highest BCUT2D eigenvalue weighted by molar-refractivity contribution is 5.12. The Morgan fingerprint density at radius 3 is 2.33 bits per heavy atom. The molecule has 4 bridgehead atoms. The summed E-state index contributed by atoms with van der Waals surface area (Å²) in [5.74, 6) is 0.634. The van der Waals surface area contributed by atoms with Crippen molar-refractivity contribution in [3.63, 3.8) is 0 Å². The predicted octanol–water partition coefficient (Wildman–Crippen LogP) is 1.94. The quantitative estimate of drug-likeness (QED) is 0.550. The number of fused-ring (bicyclic) bond motifs is 1. The van der Waals surface area contributed by atoms with E-state index >= 15 is 0 Å². The standard InChI is InChI=1S/C10H16O2/c1-9(2)8-6-4-10(8,3)5-7(11-6)12-9/h6-8H,4-5H2,1-3H3/t6-,7+,8?,10+/m1/s1. The Bertz CT molecular complexity index is 220. The molecule has 5 rings (SSSR count). The molecule has 1 aliphatic carbocycles. The molecular weight excluding hydrogens is 152 g/mol. The normalized spacial score (nSPS) is 59.8. The summed E-state index contributed by atoms with van der Waals surface area (Å²) in [6, 6.07) is 0. The second kappa shape index (κ2) is 1.73. The maximum absolute atomic E-state index is 5.82. The third kappa shape index (κ3) is 0.647. The summed E-state index contributed by atoms with van der Waals surface area (Å²) in [7, 11) is 0. The van der Waals surface area contributed by atoms with Crippen molar-refractivity contribution in [3.05, 3.63) is 0 Å². The molecule has 1 unspecified atom stereocenters. The lowest BCUT2D eigenvalue weighted by Gasteiger charge is -2.68. The van der Waals surface area contributed by atoms with Crippen LogP contribution in [0.3, 0.4) is 0 Å². The fraction of sp³-hybridized carbons (Fsp3) is 1.00. The molecule has 0 N–H and O–H groups in total. The fourth-order valence-electron chi connectivity index (χ4n) is 3.72. The lowest BCUT2D eigenvalue weighted by atomic mass is 9.50. The van der Waals surface area contributed by atoms with E-state index in [1.54, 1.807) is 0 Å². The molecule has 0 aromatic heterocycles. The van der Waals surface area contributed by atoms with Crippen molar-refractivity contribution in [2.75, 3.05) is 0 Å². The molecule has 68 valence electrons. The predicted molar refractivity (Wildman–Crippen MR) is 44.7 cm³/mol. The molecule has 5 aliphatic rings. The van der Waals surface area contributed by atoms with Crippen LogP contribution in [0.15, 0.2) is 0 Å². The van der Waals surface area contributed by atoms with Crippen LogP contribution in [0.1, 0.15) is 33.6 Å². The third-order valence-electron chi connectivity index (χ3n) is 3.93. The molecule has 5 fully saturated rings. The van der Waals surface area contributed by atoms with Crippen LogP contribution < -0.4 is 0 Å². The Morgan fingerprint density at radius 1 is 1.17 bits per heavy atom. The van der Waals surface area contributed by atoms with Gasteiger partial charge in [0.15, 0.2) is 6.29 Å². The van der Waals surface area contributed by atoms with Crippen LogP contribution in [0, 0.1) is 11.3 Å². The van der Waals surface area contributed by atoms with Gasteiger partial charge in [0.05, 0.1) is 11.7 Å². The number of hydrogen-bond acceptors (Lipinski definition) is 2. The Labute approximate surface area is 73.2 Å². The van der Waals surface area contributed by atoms with Crippen LogP contribution in [0.4, 0.5) is 0 Å². The van der Waals surface area contributed by atoms with Gasteiger partial charge in [0, 0.05) is 12.3 Å². The van der Waals surface area contributed by atoms with E-state index in [-0.39, 0.29) is 11.9 Å². The van der Waals surface area contributed by atoms with E-state index in [2.05, 4.69) is 20.8 Å². The van der Waals surface area contributed by atoms with Gasteiger partial charge in [-0.1, -0.05) is 6.92 Å². The van der Waals surface area contributed by atoms with E-state index in [1.807, 2.05) is 0 Å². The first-order valence-corrected chi connectivity index (χ1v) is 4.85. The van der Waals surface area contributed by atoms with Gasteiger partial charge in [-0.15, -0.1) is 0 Å². The highest BCUT2D eigenvalue weighted by Crippen LogP contribution is 2.64. The number of ether oxygens (including phenoxy) is 2. The zero-order valence-electron chi connectivity index (χ0n) is 7.96. The Morgan fingerprint density at radius 2 is 1.92 bits per heavy atom. The lowest BCUT2D eigenvalue weighted by Crippen LogP contribution is -2.71. The van der Waals surface area contributed by atoms with E-state index in [4.69, 9.17) is 9.47 Å². The highest BCUT2D eigenvalue weighted by Gasteiger charge is 2.66. The molecule has 4 atom stereocenters. The zero-order chi connectivity index (χ0) is 8.56. The maximum atomic E-state index is 5.82. The number of rotatable bonds is 0. The van der Waals surface area contributed by atoms with Crippen LogP contribution >= 0.6 is 0 Å². The minimum Gasteiger partial charge on any atom is -0.349 e. The Hall–Kier alpha value is -0.0800. The van der Waals surface area contributed by atoms with E-state index in [9.17, 15) is 0 Å². The van der Waals surface area contributed by atoms with Gasteiger partial charge in [0.1, 0.15) is 0 Å². The third-order valence-corrected chi connectivity index (χ3v) is 3.93. The van der Waals surface area contributed by atoms with Gasteiger partial charge < -0.3 is 9.47 Å². The van der Waals surface area contributed by atoms with Crippen molar-refractivity contribution in [1.29, 1.82) is 0 Å². The van der Waals surface area contributed by atoms with Crippen molar-refractivity contribution >= 4 is 0 Å². The average Bonchev–Trinajstić information content (AvgIpc) is 1.78. The SMILES string of the molecule is CC1(C)O[C@H]2C[C@]3(C)C[C@@H](O2)C13. The van der Waals surface area contributed by atoms with Gasteiger partial charge in [0.2, 0.25) is 0 Å². The summed E-state index contributed by atoms with van der Waals surface area (Å²) in [5.41, 5.74) is 0.578. The molecule has 4 heterocycles. The average molecular weight is 168 g/mol. The van der Waals surface area contributed by atoms with Crippen LogP contribution in [-0.4, -0.2) is 18.0 Å². The second-order valence-corrected chi connectivity index (χ2v) is 5.37. The molecule has 12 heavy (non-hydrogen) atoms. The molecule has 2 heteroatoms. The maximum Gasteiger partial charge on any atom is 0.159 e. The topological polar surface area (TPSA) is 18.5 Å². The van der Waals surface area contributed by atoms with Crippen molar-refractivity contribution in [2.45, 2.75) is 51.6 Å². The summed E-state index contributed by atoms with van der Waals surface area (Å²) < 4.78 is 11.5. The molecule has 1 saturated carbocycles. The summed E-state index contributed by atoms with van der Waals surface area (Å²) in [6.45, 7) is 6.79. The lowest BCUT2D eigenvalue weighted by molar-refractivity contribution is -0.414. The van der Waals surface area contributed by atoms with Crippen molar-refractivity contribution in [3.8, 4) is 0 Å². The molecule has 2 nitrogen and oxygen atoms in total. The second-order valence-electron chi connectivity index (χ2n) is 5.37. The summed E-state index contributed by atoms with van der Waals surface area (Å²) >= 11 is 0. The first kappa shape index (κ1) is 7.34. The first-order chi connectivity index (χ1) is 5.51. The smallest absolute Gasteiger partial charge is 0.159 e. The summed E-state index contributed by atoms with van der Waals surface area (Å²) in [6.07, 6.45) is 2.95. The molecule has 0 radical (unpaired) electrons. The van der Waals surface area contributed by atoms with E-state index < -0.39 is 0 Å². The molecule has 0 aromatic carbocycles. The fourth-order valence-corrected chi connectivity index (χ4v) is 3.72. The summed E-state index contributed by atoms with van der Waals surface area (Å²) in [4.78, 5) is 0. The van der Waals surface area contributed by atoms with E-state index in [1.165, 1.54) is 6.42 Å². The van der Waals surface area contributed by atoms with Gasteiger partial charge in [-0.2, -0.15) is 0 Å². The van der Waals surface area contributed by atoms with Gasteiger partial charge in [-0.05, 0) is 25.7 Å². The van der Waals surface area contributed by atoms with Crippen LogP contribution in [0.5, 0.6) is 0 Å². The molecular formula is C10H16O2. The molecule has 0 spiro atoms.